The Balaban J connectivity index is 1.85. The summed E-state index contributed by atoms with van der Waals surface area (Å²) in [5, 5.41) is 3.56. The van der Waals surface area contributed by atoms with Crippen LogP contribution in [0, 0.1) is 5.92 Å². The van der Waals surface area contributed by atoms with Crippen LogP contribution in [0.15, 0.2) is 0 Å². The molecule has 1 N–H and O–H groups in total. The highest BCUT2D eigenvalue weighted by Gasteiger charge is 2.27. The van der Waals surface area contributed by atoms with E-state index >= 15 is 0 Å². The number of hydrogen-bond donors (Lipinski definition) is 1. The Kier molecular flexibility index (Phi) is 5.64. The molecule has 2 nitrogen and oxygen atoms in total. The summed E-state index contributed by atoms with van der Waals surface area (Å²) in [5.41, 5.74) is 0. The van der Waals surface area contributed by atoms with E-state index in [1.807, 2.05) is 0 Å². The van der Waals surface area contributed by atoms with Crippen LogP contribution < -0.4 is 5.32 Å². The number of thioether (sulfide) groups is 1. The van der Waals surface area contributed by atoms with Crippen molar-refractivity contribution in [2.45, 2.75) is 50.6 Å². The number of rotatable bonds is 4. The molecule has 2 fully saturated rings. The molecule has 100 valence electrons. The molecule has 1 aliphatic carbocycles. The van der Waals surface area contributed by atoms with E-state index in [9.17, 15) is 0 Å². The van der Waals surface area contributed by atoms with Gasteiger partial charge in [-0.2, -0.15) is 11.8 Å². The molecule has 2 rings (SSSR count). The van der Waals surface area contributed by atoms with Gasteiger partial charge >= 0.3 is 0 Å². The Morgan fingerprint density at radius 2 is 2.00 bits per heavy atom. The standard InChI is InChI=1S/C14H28N2S/c1-15-14-7-5-3-4-6-12(14)10-16(2)13-8-9-17-11-13/h12-15H,3-11H2,1-2H3. The van der Waals surface area contributed by atoms with Gasteiger partial charge in [0.2, 0.25) is 0 Å². The molecule has 1 saturated carbocycles. The zero-order valence-corrected chi connectivity index (χ0v) is 12.3. The van der Waals surface area contributed by atoms with Crippen LogP contribution in [0.2, 0.25) is 0 Å². The van der Waals surface area contributed by atoms with E-state index in [1.54, 1.807) is 0 Å². The Labute approximate surface area is 111 Å². The van der Waals surface area contributed by atoms with Gasteiger partial charge in [0, 0.05) is 24.4 Å². The third-order valence-electron chi connectivity index (χ3n) is 4.58. The molecule has 3 heteroatoms. The van der Waals surface area contributed by atoms with E-state index in [2.05, 4.69) is 36.1 Å². The van der Waals surface area contributed by atoms with Crippen molar-refractivity contribution in [3.63, 3.8) is 0 Å². The van der Waals surface area contributed by atoms with Crippen molar-refractivity contribution >= 4 is 11.8 Å². The number of hydrogen-bond acceptors (Lipinski definition) is 3. The van der Waals surface area contributed by atoms with Crippen molar-refractivity contribution in [3.8, 4) is 0 Å². The molecule has 1 heterocycles. The minimum Gasteiger partial charge on any atom is -0.317 e. The van der Waals surface area contributed by atoms with Crippen molar-refractivity contribution in [2.24, 2.45) is 5.92 Å². The smallest absolute Gasteiger partial charge is 0.0191 e. The fraction of sp³-hybridized carbons (Fsp3) is 1.00. The van der Waals surface area contributed by atoms with E-state index in [-0.39, 0.29) is 0 Å². The zero-order valence-electron chi connectivity index (χ0n) is 11.5. The van der Waals surface area contributed by atoms with Crippen LogP contribution in [-0.2, 0) is 0 Å². The highest BCUT2D eigenvalue weighted by Crippen LogP contribution is 2.27. The van der Waals surface area contributed by atoms with Crippen LogP contribution >= 0.6 is 11.8 Å². The predicted octanol–water partition coefficient (Wildman–Crippen LogP) is 2.59. The van der Waals surface area contributed by atoms with Gasteiger partial charge in [-0.3, -0.25) is 0 Å². The van der Waals surface area contributed by atoms with Gasteiger partial charge in [-0.15, -0.1) is 0 Å². The van der Waals surface area contributed by atoms with Crippen LogP contribution in [0.4, 0.5) is 0 Å². The summed E-state index contributed by atoms with van der Waals surface area (Å²) in [5.74, 6) is 3.60. The van der Waals surface area contributed by atoms with E-state index in [0.29, 0.717) is 0 Å². The summed E-state index contributed by atoms with van der Waals surface area (Å²) >= 11 is 2.13. The average molecular weight is 256 g/mol. The zero-order chi connectivity index (χ0) is 12.1. The summed E-state index contributed by atoms with van der Waals surface area (Å²) in [6.07, 6.45) is 8.51. The number of nitrogens with zero attached hydrogens (tertiary/aromatic N) is 1. The molecule has 1 aliphatic heterocycles. The topological polar surface area (TPSA) is 15.3 Å². The monoisotopic (exact) mass is 256 g/mol. The lowest BCUT2D eigenvalue weighted by molar-refractivity contribution is 0.190. The minimum atomic E-state index is 0.758. The fourth-order valence-electron chi connectivity index (χ4n) is 3.37. The van der Waals surface area contributed by atoms with Crippen molar-refractivity contribution in [2.75, 3.05) is 32.1 Å². The molecule has 2 aliphatic rings. The number of nitrogens with one attached hydrogen (secondary N) is 1. The van der Waals surface area contributed by atoms with Crippen molar-refractivity contribution < 1.29 is 0 Å². The normalized spacial score (nSPS) is 35.1. The second-order valence-corrected chi connectivity index (χ2v) is 6.90. The Morgan fingerprint density at radius 3 is 2.71 bits per heavy atom. The maximum absolute atomic E-state index is 3.56. The van der Waals surface area contributed by atoms with Crippen LogP contribution in [-0.4, -0.2) is 49.1 Å². The maximum Gasteiger partial charge on any atom is 0.0191 e. The van der Waals surface area contributed by atoms with E-state index in [1.165, 1.54) is 56.6 Å². The second-order valence-electron chi connectivity index (χ2n) is 5.75. The van der Waals surface area contributed by atoms with Gasteiger partial charge < -0.3 is 10.2 Å². The van der Waals surface area contributed by atoms with Crippen LogP contribution in [0.5, 0.6) is 0 Å². The lowest BCUT2D eigenvalue weighted by Gasteiger charge is -2.32. The Hall–Kier alpha value is 0.270. The van der Waals surface area contributed by atoms with E-state index < -0.39 is 0 Å². The SMILES string of the molecule is CNC1CCCCCC1CN(C)C1CCSC1. The average Bonchev–Trinajstić information content (AvgIpc) is 2.78. The molecular weight excluding hydrogens is 228 g/mol. The molecule has 0 bridgehead atoms. The van der Waals surface area contributed by atoms with Gasteiger partial charge in [-0.1, -0.05) is 19.3 Å². The molecular formula is C14H28N2S. The molecule has 3 unspecified atom stereocenters. The van der Waals surface area contributed by atoms with Crippen LogP contribution in [0.25, 0.3) is 0 Å². The molecule has 0 amide bonds. The second kappa shape index (κ2) is 7.01. The first kappa shape index (κ1) is 13.7. The van der Waals surface area contributed by atoms with Crippen molar-refractivity contribution in [3.05, 3.63) is 0 Å². The van der Waals surface area contributed by atoms with E-state index in [4.69, 9.17) is 0 Å². The molecule has 1 saturated heterocycles. The summed E-state index contributed by atoms with van der Waals surface area (Å²) in [4.78, 5) is 2.64. The fourth-order valence-corrected chi connectivity index (χ4v) is 4.67. The molecule has 0 aromatic rings. The summed E-state index contributed by atoms with van der Waals surface area (Å²) in [7, 11) is 4.49. The molecule has 0 aromatic heterocycles. The lowest BCUT2D eigenvalue weighted by atomic mass is 9.94. The first-order chi connectivity index (χ1) is 8.31. The first-order valence-corrected chi connectivity index (χ1v) is 8.42. The van der Waals surface area contributed by atoms with Gasteiger partial charge in [0.05, 0.1) is 0 Å². The molecule has 17 heavy (non-hydrogen) atoms. The van der Waals surface area contributed by atoms with Crippen molar-refractivity contribution in [1.82, 2.24) is 10.2 Å². The first-order valence-electron chi connectivity index (χ1n) is 7.26. The van der Waals surface area contributed by atoms with Crippen LogP contribution in [0.3, 0.4) is 0 Å². The molecule has 0 aromatic carbocycles. The lowest BCUT2D eigenvalue weighted by Crippen LogP contribution is -2.42. The summed E-state index contributed by atoms with van der Waals surface area (Å²) in [6.45, 7) is 1.30. The quantitative estimate of drug-likeness (QED) is 0.778. The Morgan fingerprint density at radius 1 is 1.18 bits per heavy atom. The highest BCUT2D eigenvalue weighted by atomic mass is 32.2. The molecule has 3 atom stereocenters. The van der Waals surface area contributed by atoms with Gasteiger partial charge in [0.15, 0.2) is 0 Å². The Bertz CT molecular complexity index is 216. The molecule has 0 radical (unpaired) electrons. The van der Waals surface area contributed by atoms with Gasteiger partial charge in [-0.05, 0) is 45.0 Å². The van der Waals surface area contributed by atoms with Gasteiger partial charge in [0.25, 0.3) is 0 Å². The van der Waals surface area contributed by atoms with Gasteiger partial charge in [0.1, 0.15) is 0 Å². The largest absolute Gasteiger partial charge is 0.317 e. The molecule has 0 spiro atoms. The van der Waals surface area contributed by atoms with Gasteiger partial charge in [-0.25, -0.2) is 0 Å². The predicted molar refractivity (Wildman–Crippen MR) is 77.8 cm³/mol. The van der Waals surface area contributed by atoms with E-state index in [0.717, 1.165) is 18.0 Å². The van der Waals surface area contributed by atoms with Crippen LogP contribution in [0.1, 0.15) is 38.5 Å². The van der Waals surface area contributed by atoms with Crippen molar-refractivity contribution in [1.29, 1.82) is 0 Å². The maximum atomic E-state index is 3.56. The third-order valence-corrected chi connectivity index (χ3v) is 5.73. The summed E-state index contributed by atoms with van der Waals surface area (Å²) in [6, 6.07) is 1.61. The highest BCUT2D eigenvalue weighted by molar-refractivity contribution is 7.99. The minimum absolute atomic E-state index is 0.758. The summed E-state index contributed by atoms with van der Waals surface area (Å²) < 4.78 is 0. The third kappa shape index (κ3) is 3.87.